The first-order chi connectivity index (χ1) is 14.7. The Morgan fingerprint density at radius 2 is 1.87 bits per heavy atom. The van der Waals surface area contributed by atoms with Gasteiger partial charge in [-0.2, -0.15) is 0 Å². The highest BCUT2D eigenvalue weighted by Gasteiger charge is 2.24. The van der Waals surface area contributed by atoms with Gasteiger partial charge in [-0.1, -0.05) is 0 Å². The highest BCUT2D eigenvalue weighted by Crippen LogP contribution is 2.30. The van der Waals surface area contributed by atoms with Crippen LogP contribution in [-0.2, 0) is 25.8 Å². The first-order valence-corrected chi connectivity index (χ1v) is 10.9. The number of aromatic amines is 3. The van der Waals surface area contributed by atoms with Crippen molar-refractivity contribution in [3.63, 3.8) is 0 Å². The van der Waals surface area contributed by atoms with Gasteiger partial charge in [0.25, 0.3) is 5.56 Å². The van der Waals surface area contributed by atoms with E-state index in [1.807, 2.05) is 0 Å². The molecular formula is C22H29N7O. The average molecular weight is 408 g/mol. The van der Waals surface area contributed by atoms with Gasteiger partial charge in [0.2, 0.25) is 0 Å². The molecule has 1 saturated heterocycles. The van der Waals surface area contributed by atoms with Crippen LogP contribution in [0.15, 0.2) is 23.4 Å². The first-order valence-electron chi connectivity index (χ1n) is 10.9. The lowest BCUT2D eigenvalue weighted by atomic mass is 9.93. The smallest absolute Gasteiger partial charge is 0.273 e. The van der Waals surface area contributed by atoms with E-state index in [0.717, 1.165) is 51.3 Å². The van der Waals surface area contributed by atoms with Crippen molar-refractivity contribution < 1.29 is 0 Å². The van der Waals surface area contributed by atoms with Crippen LogP contribution < -0.4 is 5.56 Å². The Kier molecular flexibility index (Phi) is 5.26. The number of nitrogens with one attached hydrogen (secondary N) is 3. The molecule has 0 unspecified atom stereocenters. The number of nitrogens with zero attached hydrogens (tertiary/aromatic N) is 4. The molecule has 0 radical (unpaired) electrons. The normalized spacial score (nSPS) is 17.9. The molecule has 0 saturated carbocycles. The zero-order valence-corrected chi connectivity index (χ0v) is 17.5. The van der Waals surface area contributed by atoms with Gasteiger partial charge in [-0.3, -0.25) is 24.8 Å². The third-order valence-electron chi connectivity index (χ3n) is 6.50. The summed E-state index contributed by atoms with van der Waals surface area (Å²) in [6.45, 7) is 5.42. The maximum absolute atomic E-state index is 12.2. The van der Waals surface area contributed by atoms with E-state index in [1.165, 1.54) is 35.4 Å². The van der Waals surface area contributed by atoms with E-state index in [9.17, 15) is 4.79 Å². The first kappa shape index (κ1) is 19.3. The number of likely N-dealkylation sites (N-methyl/N-ethyl adjacent to an activating group) is 1. The second kappa shape index (κ2) is 8.20. The fourth-order valence-corrected chi connectivity index (χ4v) is 4.76. The summed E-state index contributed by atoms with van der Waals surface area (Å²) in [4.78, 5) is 29.9. The van der Waals surface area contributed by atoms with E-state index in [0.29, 0.717) is 17.7 Å². The molecule has 3 N–H and O–H groups in total. The summed E-state index contributed by atoms with van der Waals surface area (Å²) in [5, 5.41) is 5.37. The molecular weight excluding hydrogens is 378 g/mol. The molecule has 30 heavy (non-hydrogen) atoms. The Hall–Kier alpha value is -2.71. The number of aromatic nitrogens is 5. The summed E-state index contributed by atoms with van der Waals surface area (Å²) >= 11 is 0. The summed E-state index contributed by atoms with van der Waals surface area (Å²) in [5.74, 6) is 0. The van der Waals surface area contributed by atoms with E-state index >= 15 is 0 Å². The maximum atomic E-state index is 12.2. The lowest BCUT2D eigenvalue weighted by molar-refractivity contribution is 0.147. The largest absolute Gasteiger partial charge is 0.361 e. The van der Waals surface area contributed by atoms with Crippen molar-refractivity contribution in [3.8, 4) is 11.3 Å². The minimum Gasteiger partial charge on any atom is -0.361 e. The molecule has 1 aliphatic heterocycles. The molecule has 0 aromatic carbocycles. The summed E-state index contributed by atoms with van der Waals surface area (Å²) in [6, 6.07) is 0. The van der Waals surface area contributed by atoms with Crippen LogP contribution in [0.1, 0.15) is 41.1 Å². The fourth-order valence-electron chi connectivity index (χ4n) is 4.76. The standard InChI is InChI=1S/C22H29N7O/c1-28-8-10-29(11-9-28)14-17-15-4-2-3-5-18(15)26-19(17)12-20-21(24-7-6-23-20)16-13-25-27-22(16)30/h6-7,13,26H,2-5,8-12,14H2,1H3,(H2,25,27,30). The van der Waals surface area contributed by atoms with E-state index in [2.05, 4.69) is 42.0 Å². The molecule has 5 rings (SSSR count). The van der Waals surface area contributed by atoms with E-state index in [1.54, 1.807) is 18.6 Å². The van der Waals surface area contributed by atoms with Gasteiger partial charge in [-0.05, 0) is 43.9 Å². The molecule has 0 bridgehead atoms. The molecule has 158 valence electrons. The van der Waals surface area contributed by atoms with Crippen LogP contribution in [0.5, 0.6) is 0 Å². The van der Waals surface area contributed by atoms with Crippen molar-refractivity contribution in [1.29, 1.82) is 0 Å². The fraction of sp³-hybridized carbons (Fsp3) is 0.500. The predicted molar refractivity (Wildman–Crippen MR) is 115 cm³/mol. The highest BCUT2D eigenvalue weighted by molar-refractivity contribution is 5.60. The van der Waals surface area contributed by atoms with Gasteiger partial charge in [0.15, 0.2) is 0 Å². The number of fused-ring (bicyclic) bond motifs is 1. The van der Waals surface area contributed by atoms with Crippen LogP contribution >= 0.6 is 0 Å². The number of hydrogen-bond acceptors (Lipinski definition) is 5. The number of aryl methyl sites for hydroxylation is 1. The molecule has 8 nitrogen and oxygen atoms in total. The van der Waals surface area contributed by atoms with Crippen LogP contribution in [0.2, 0.25) is 0 Å². The van der Waals surface area contributed by atoms with Crippen LogP contribution in [0.3, 0.4) is 0 Å². The van der Waals surface area contributed by atoms with Gasteiger partial charge in [-0.25, -0.2) is 0 Å². The topological polar surface area (TPSA) is 96.7 Å². The Bertz CT molecular complexity index is 1070. The molecule has 8 heteroatoms. The Balaban J connectivity index is 1.49. The molecule has 3 aromatic heterocycles. The lowest BCUT2D eigenvalue weighted by Gasteiger charge is -2.32. The van der Waals surface area contributed by atoms with Crippen molar-refractivity contribution in [1.82, 2.24) is 34.9 Å². The molecule has 3 aromatic rings. The van der Waals surface area contributed by atoms with Gasteiger partial charge in [0, 0.05) is 69.1 Å². The molecule has 0 spiro atoms. The van der Waals surface area contributed by atoms with Crippen molar-refractivity contribution in [2.45, 2.75) is 38.6 Å². The molecule has 1 fully saturated rings. The minimum absolute atomic E-state index is 0.166. The van der Waals surface area contributed by atoms with Gasteiger partial charge in [-0.15, -0.1) is 0 Å². The molecule has 4 heterocycles. The second-order valence-corrected chi connectivity index (χ2v) is 8.51. The Morgan fingerprint density at radius 1 is 1.07 bits per heavy atom. The maximum Gasteiger partial charge on any atom is 0.273 e. The highest BCUT2D eigenvalue weighted by atomic mass is 16.1. The quantitative estimate of drug-likeness (QED) is 0.598. The summed E-state index contributed by atoms with van der Waals surface area (Å²) in [7, 11) is 2.19. The van der Waals surface area contributed by atoms with Gasteiger partial charge >= 0.3 is 0 Å². The lowest BCUT2D eigenvalue weighted by Crippen LogP contribution is -2.44. The third-order valence-corrected chi connectivity index (χ3v) is 6.50. The SMILES string of the molecule is CN1CCN(Cc2c(Cc3nccnc3-c3c[nH][nH]c3=O)[nH]c3c2CCCC3)CC1. The zero-order valence-electron chi connectivity index (χ0n) is 17.5. The van der Waals surface area contributed by atoms with Crippen molar-refractivity contribution in [3.05, 3.63) is 57.2 Å². The minimum atomic E-state index is -0.166. The van der Waals surface area contributed by atoms with Crippen molar-refractivity contribution in [2.75, 3.05) is 33.2 Å². The van der Waals surface area contributed by atoms with Gasteiger partial charge < -0.3 is 15.0 Å². The Morgan fingerprint density at radius 3 is 2.67 bits per heavy atom. The van der Waals surface area contributed by atoms with Crippen molar-refractivity contribution in [2.24, 2.45) is 0 Å². The van der Waals surface area contributed by atoms with Crippen LogP contribution in [0.25, 0.3) is 11.3 Å². The second-order valence-electron chi connectivity index (χ2n) is 8.51. The molecule has 0 amide bonds. The zero-order chi connectivity index (χ0) is 20.5. The number of H-pyrrole nitrogens is 3. The number of piperazine rings is 1. The summed E-state index contributed by atoms with van der Waals surface area (Å²) in [5.41, 5.74) is 7.43. The average Bonchev–Trinajstić information content (AvgIpc) is 3.34. The number of rotatable bonds is 5. The Labute approximate surface area is 175 Å². The van der Waals surface area contributed by atoms with E-state index in [-0.39, 0.29) is 5.56 Å². The van der Waals surface area contributed by atoms with Crippen LogP contribution in [0, 0.1) is 0 Å². The molecule has 1 aliphatic carbocycles. The molecule has 2 aliphatic rings. The monoisotopic (exact) mass is 407 g/mol. The van der Waals surface area contributed by atoms with E-state index < -0.39 is 0 Å². The summed E-state index contributed by atoms with van der Waals surface area (Å²) in [6.07, 6.45) is 10.5. The van der Waals surface area contributed by atoms with Gasteiger partial charge in [0.1, 0.15) is 0 Å². The van der Waals surface area contributed by atoms with Crippen molar-refractivity contribution >= 4 is 0 Å². The molecule has 0 atom stereocenters. The third kappa shape index (κ3) is 3.73. The van der Waals surface area contributed by atoms with Gasteiger partial charge in [0.05, 0.1) is 17.0 Å². The van der Waals surface area contributed by atoms with Crippen LogP contribution in [-0.4, -0.2) is 68.2 Å². The predicted octanol–water partition coefficient (Wildman–Crippen LogP) is 1.71. The van der Waals surface area contributed by atoms with E-state index in [4.69, 9.17) is 0 Å². The summed E-state index contributed by atoms with van der Waals surface area (Å²) < 4.78 is 0. The number of hydrogen-bond donors (Lipinski definition) is 3. The van der Waals surface area contributed by atoms with Crippen LogP contribution in [0.4, 0.5) is 0 Å².